The van der Waals surface area contributed by atoms with Gasteiger partial charge in [0.25, 0.3) is 0 Å². The van der Waals surface area contributed by atoms with Crippen LogP contribution in [0.2, 0.25) is 0 Å². The molecule has 2 heterocycles. The van der Waals surface area contributed by atoms with Gasteiger partial charge in [0.05, 0.1) is 29.8 Å². The number of hydrogen-bond acceptors (Lipinski definition) is 2. The maximum Gasteiger partial charge on any atom is 0.0876 e. The molecule has 2 unspecified atom stereocenters. The minimum atomic E-state index is 0.0476. The Morgan fingerprint density at radius 1 is 1.32 bits per heavy atom. The Bertz CT molecular complexity index is 366. The van der Waals surface area contributed by atoms with Crippen molar-refractivity contribution in [2.45, 2.75) is 67.2 Å². The molecule has 0 aromatic heterocycles. The number of fused-ring (bicyclic) bond motifs is 2. The molecule has 4 heteroatoms. The van der Waals surface area contributed by atoms with E-state index >= 15 is 0 Å². The number of allylic oxidation sites excluding steroid dienone is 1. The van der Waals surface area contributed by atoms with E-state index in [1.54, 1.807) is 6.08 Å². The molecule has 106 valence electrons. The van der Waals surface area contributed by atoms with Crippen LogP contribution < -0.4 is 0 Å². The van der Waals surface area contributed by atoms with Gasteiger partial charge in [-0.15, -0.1) is 18.0 Å². The summed E-state index contributed by atoms with van der Waals surface area (Å²) in [7, 11) is 0. The summed E-state index contributed by atoms with van der Waals surface area (Å²) >= 11 is 10.2. The van der Waals surface area contributed by atoms with Gasteiger partial charge in [0.2, 0.25) is 0 Å². The van der Waals surface area contributed by atoms with Gasteiger partial charge in [-0.05, 0) is 25.3 Å². The van der Waals surface area contributed by atoms with Gasteiger partial charge in [0.1, 0.15) is 0 Å². The Kier molecular flexibility index (Phi) is 5.77. The molecule has 19 heavy (non-hydrogen) atoms. The molecule has 0 aromatic rings. The first kappa shape index (κ1) is 15.4. The van der Waals surface area contributed by atoms with Crippen LogP contribution in [0.1, 0.15) is 32.6 Å². The zero-order valence-electron chi connectivity index (χ0n) is 11.1. The summed E-state index contributed by atoms with van der Waals surface area (Å²) in [5.74, 6) is 2.50. The van der Waals surface area contributed by atoms with Gasteiger partial charge >= 0.3 is 0 Å². The number of ether oxygens (including phenoxy) is 2. The maximum atomic E-state index is 6.47. The molecule has 2 saturated heterocycles. The first-order valence-electron chi connectivity index (χ1n) is 6.85. The SMILES string of the molecule is C#C/C=C\CC1O[C@H]2C[C@@H]1OC(CC)[C@@H](Br)C[C@@H]2Cl. The van der Waals surface area contributed by atoms with Crippen molar-refractivity contribution in [3.8, 4) is 12.3 Å². The van der Waals surface area contributed by atoms with E-state index in [1.165, 1.54) is 0 Å². The quantitative estimate of drug-likeness (QED) is 0.573. The van der Waals surface area contributed by atoms with Crippen LogP contribution in [0, 0.1) is 12.3 Å². The lowest BCUT2D eigenvalue weighted by atomic mass is 9.99. The second kappa shape index (κ2) is 7.13. The average Bonchev–Trinajstić information content (AvgIpc) is 2.79. The van der Waals surface area contributed by atoms with E-state index in [4.69, 9.17) is 27.5 Å². The predicted octanol–water partition coefficient (Wildman–Crippen LogP) is 3.66. The van der Waals surface area contributed by atoms with Gasteiger partial charge in [-0.2, -0.15) is 0 Å². The predicted molar refractivity (Wildman–Crippen MR) is 81.8 cm³/mol. The topological polar surface area (TPSA) is 18.5 Å². The maximum absolute atomic E-state index is 6.47. The normalized spacial score (nSPS) is 42.8. The van der Waals surface area contributed by atoms with Gasteiger partial charge in [-0.1, -0.05) is 34.9 Å². The van der Waals surface area contributed by atoms with E-state index in [0.717, 1.165) is 25.7 Å². The molecule has 0 N–H and O–H groups in total. The third-order valence-electron chi connectivity index (χ3n) is 3.82. The van der Waals surface area contributed by atoms with Crippen molar-refractivity contribution < 1.29 is 9.47 Å². The monoisotopic (exact) mass is 346 g/mol. The lowest BCUT2D eigenvalue weighted by Crippen LogP contribution is -2.37. The van der Waals surface area contributed by atoms with Crippen LogP contribution in [0.3, 0.4) is 0 Å². The number of halogens is 2. The molecule has 0 spiro atoms. The molecular weight excluding hydrogens is 328 g/mol. The van der Waals surface area contributed by atoms with Crippen molar-refractivity contribution in [1.29, 1.82) is 0 Å². The number of alkyl halides is 2. The minimum absolute atomic E-state index is 0.0476. The lowest BCUT2D eigenvalue weighted by molar-refractivity contribution is -0.0500. The van der Waals surface area contributed by atoms with E-state index in [9.17, 15) is 0 Å². The van der Waals surface area contributed by atoms with Crippen molar-refractivity contribution >= 4 is 27.5 Å². The Hall–Kier alpha value is -0.0100. The molecule has 0 amide bonds. The summed E-state index contributed by atoms with van der Waals surface area (Å²) in [6, 6.07) is 0. The molecule has 2 aliphatic heterocycles. The summed E-state index contributed by atoms with van der Waals surface area (Å²) in [5, 5.41) is 0.0476. The van der Waals surface area contributed by atoms with Crippen LogP contribution >= 0.6 is 27.5 Å². The Balaban J connectivity index is 2.07. The molecule has 0 aromatic carbocycles. The molecule has 2 aliphatic rings. The molecular formula is C15H20BrClO2. The Morgan fingerprint density at radius 3 is 2.74 bits per heavy atom. The second-order valence-corrected chi connectivity index (χ2v) is 6.88. The Morgan fingerprint density at radius 2 is 2.05 bits per heavy atom. The highest BCUT2D eigenvalue weighted by atomic mass is 79.9. The number of rotatable bonds is 3. The summed E-state index contributed by atoms with van der Waals surface area (Å²) in [6.45, 7) is 2.14. The fraction of sp³-hybridized carbons (Fsp3) is 0.733. The molecule has 2 rings (SSSR count). The highest BCUT2D eigenvalue weighted by Crippen LogP contribution is 2.37. The lowest BCUT2D eigenvalue weighted by Gasteiger charge is -2.30. The average molecular weight is 348 g/mol. The van der Waals surface area contributed by atoms with Crippen LogP contribution in [0.5, 0.6) is 0 Å². The van der Waals surface area contributed by atoms with Crippen molar-refractivity contribution in [2.24, 2.45) is 0 Å². The summed E-state index contributed by atoms with van der Waals surface area (Å²) in [4.78, 5) is 0.300. The van der Waals surface area contributed by atoms with Crippen LogP contribution in [0.25, 0.3) is 0 Å². The largest absolute Gasteiger partial charge is 0.371 e. The minimum Gasteiger partial charge on any atom is -0.371 e. The molecule has 6 atom stereocenters. The van der Waals surface area contributed by atoms with E-state index < -0.39 is 0 Å². The summed E-state index contributed by atoms with van der Waals surface area (Å²) < 4.78 is 12.3. The van der Waals surface area contributed by atoms with Crippen molar-refractivity contribution in [3.63, 3.8) is 0 Å². The fourth-order valence-corrected chi connectivity index (χ4v) is 4.25. The number of hydrogen-bond donors (Lipinski definition) is 0. The first-order chi connectivity index (χ1) is 9.15. The zero-order chi connectivity index (χ0) is 13.8. The van der Waals surface area contributed by atoms with Crippen LogP contribution in [-0.2, 0) is 9.47 Å². The molecule has 2 nitrogen and oxygen atoms in total. The molecule has 2 fully saturated rings. The van der Waals surface area contributed by atoms with E-state index in [1.807, 2.05) is 6.08 Å². The van der Waals surface area contributed by atoms with Gasteiger partial charge in [0, 0.05) is 11.2 Å². The number of terminal acetylenes is 1. The van der Waals surface area contributed by atoms with E-state index in [2.05, 4.69) is 28.8 Å². The van der Waals surface area contributed by atoms with Crippen LogP contribution in [-0.4, -0.2) is 34.6 Å². The highest BCUT2D eigenvalue weighted by Gasteiger charge is 2.43. The van der Waals surface area contributed by atoms with E-state index in [-0.39, 0.29) is 29.8 Å². The molecule has 0 radical (unpaired) electrons. The van der Waals surface area contributed by atoms with Gasteiger partial charge in [-0.25, -0.2) is 0 Å². The first-order valence-corrected chi connectivity index (χ1v) is 8.21. The standard InChI is InChI=1S/C15H20BrClO2/c1-3-5-6-7-13-15-9-14(19-13)11(17)8-10(16)12(4-2)18-15/h1,5-6,10-15H,4,7-9H2,2H3/b6-5-/t10-,11-,12?,13?,14-,15-/m0/s1. The third kappa shape index (κ3) is 3.76. The molecule has 0 aliphatic carbocycles. The van der Waals surface area contributed by atoms with Crippen LogP contribution in [0.4, 0.5) is 0 Å². The second-order valence-electron chi connectivity index (χ2n) is 5.14. The van der Waals surface area contributed by atoms with Gasteiger partial charge < -0.3 is 9.47 Å². The smallest absolute Gasteiger partial charge is 0.0876 e. The third-order valence-corrected chi connectivity index (χ3v) is 5.24. The zero-order valence-corrected chi connectivity index (χ0v) is 13.4. The molecule has 2 bridgehead atoms. The van der Waals surface area contributed by atoms with Gasteiger partial charge in [-0.3, -0.25) is 0 Å². The van der Waals surface area contributed by atoms with Crippen molar-refractivity contribution in [1.82, 2.24) is 0 Å². The summed E-state index contributed by atoms with van der Waals surface area (Å²) in [5.41, 5.74) is 0. The molecule has 0 saturated carbocycles. The van der Waals surface area contributed by atoms with Gasteiger partial charge in [0.15, 0.2) is 0 Å². The van der Waals surface area contributed by atoms with Crippen molar-refractivity contribution in [2.75, 3.05) is 0 Å². The van der Waals surface area contributed by atoms with Crippen LogP contribution in [0.15, 0.2) is 12.2 Å². The Labute approximate surface area is 129 Å². The fourth-order valence-electron chi connectivity index (χ4n) is 2.78. The van der Waals surface area contributed by atoms with Crippen molar-refractivity contribution in [3.05, 3.63) is 12.2 Å². The summed E-state index contributed by atoms with van der Waals surface area (Å²) in [6.07, 6.45) is 12.9. The highest BCUT2D eigenvalue weighted by molar-refractivity contribution is 9.09. The van der Waals surface area contributed by atoms with E-state index in [0.29, 0.717) is 4.83 Å².